The van der Waals surface area contributed by atoms with Gasteiger partial charge in [0.15, 0.2) is 0 Å². The van der Waals surface area contributed by atoms with Crippen molar-refractivity contribution < 1.29 is 4.92 Å². The maximum absolute atomic E-state index is 11.2. The maximum Gasteiger partial charge on any atom is 0.270 e. The number of non-ortho nitro benzene ring substituents is 1. The van der Waals surface area contributed by atoms with Crippen molar-refractivity contribution in [1.29, 1.82) is 0 Å². The van der Waals surface area contributed by atoms with Crippen molar-refractivity contribution >= 4 is 28.6 Å². The lowest BCUT2D eigenvalue weighted by molar-refractivity contribution is -0.384. The van der Waals surface area contributed by atoms with E-state index in [4.69, 9.17) is 0 Å². The van der Waals surface area contributed by atoms with Gasteiger partial charge in [-0.15, -0.1) is 0 Å². The van der Waals surface area contributed by atoms with Crippen LogP contribution in [-0.4, -0.2) is 4.92 Å². The molecule has 130 valence electrons. The molecule has 4 rings (SSSR count). The number of hydrogen-bond acceptors (Lipinski definition) is 2. The van der Waals surface area contributed by atoms with Crippen LogP contribution in [0.15, 0.2) is 91.0 Å². The number of hydrogen-bond donors (Lipinski definition) is 0. The molecule has 0 N–H and O–H groups in total. The standard InChI is InChI=1S/C24H17NO2/c26-25(27)23-14-15-24(21-13-12-19-8-4-5-9-20(19)16-21)22(17-23)11-10-18-6-2-1-3-7-18/h1-17H/b11-10+. The van der Waals surface area contributed by atoms with E-state index in [1.54, 1.807) is 12.1 Å². The third kappa shape index (κ3) is 3.62. The molecule has 0 unspecified atom stereocenters. The summed E-state index contributed by atoms with van der Waals surface area (Å²) in [6.45, 7) is 0. The second-order valence-electron chi connectivity index (χ2n) is 6.33. The normalized spacial score (nSPS) is 11.1. The van der Waals surface area contributed by atoms with Crippen LogP contribution >= 0.6 is 0 Å². The number of nitrogens with zero attached hydrogens (tertiary/aromatic N) is 1. The molecule has 0 saturated heterocycles. The van der Waals surface area contributed by atoms with Crippen LogP contribution in [0.2, 0.25) is 0 Å². The minimum absolute atomic E-state index is 0.0900. The highest BCUT2D eigenvalue weighted by molar-refractivity contribution is 5.90. The Morgan fingerprint density at radius 1 is 0.704 bits per heavy atom. The molecule has 0 aliphatic heterocycles. The molecule has 0 aliphatic carbocycles. The summed E-state index contributed by atoms with van der Waals surface area (Å²) in [5, 5.41) is 13.5. The summed E-state index contributed by atoms with van der Waals surface area (Å²) < 4.78 is 0. The first-order valence-electron chi connectivity index (χ1n) is 8.71. The van der Waals surface area contributed by atoms with Crippen LogP contribution in [-0.2, 0) is 0 Å². The predicted molar refractivity (Wildman–Crippen MR) is 111 cm³/mol. The number of rotatable bonds is 4. The van der Waals surface area contributed by atoms with Crippen molar-refractivity contribution in [3.05, 3.63) is 112 Å². The zero-order valence-electron chi connectivity index (χ0n) is 14.6. The molecule has 0 aromatic heterocycles. The van der Waals surface area contributed by atoms with Gasteiger partial charge in [0.25, 0.3) is 5.69 Å². The summed E-state index contributed by atoms with van der Waals surface area (Å²) in [4.78, 5) is 10.9. The van der Waals surface area contributed by atoms with Crippen LogP contribution < -0.4 is 0 Å². The topological polar surface area (TPSA) is 43.1 Å². The molecule has 0 fully saturated rings. The summed E-state index contributed by atoms with van der Waals surface area (Å²) in [6, 6.07) is 29.4. The fraction of sp³-hybridized carbons (Fsp3) is 0. The molecule has 3 nitrogen and oxygen atoms in total. The predicted octanol–water partition coefficient (Wildman–Crippen LogP) is 6.59. The quantitative estimate of drug-likeness (QED) is 0.237. The van der Waals surface area contributed by atoms with E-state index >= 15 is 0 Å². The van der Waals surface area contributed by atoms with E-state index < -0.39 is 0 Å². The molecule has 0 spiro atoms. The third-order valence-corrected chi connectivity index (χ3v) is 4.56. The van der Waals surface area contributed by atoms with E-state index in [0.717, 1.165) is 27.6 Å². The fourth-order valence-electron chi connectivity index (χ4n) is 3.17. The summed E-state index contributed by atoms with van der Waals surface area (Å²) in [5.41, 5.74) is 3.97. The lowest BCUT2D eigenvalue weighted by Gasteiger charge is -2.08. The maximum atomic E-state index is 11.2. The van der Waals surface area contributed by atoms with Crippen molar-refractivity contribution in [3.8, 4) is 11.1 Å². The first-order chi connectivity index (χ1) is 13.2. The average Bonchev–Trinajstić information content (AvgIpc) is 2.72. The highest BCUT2D eigenvalue weighted by atomic mass is 16.6. The zero-order valence-corrected chi connectivity index (χ0v) is 14.6. The number of benzene rings is 4. The van der Waals surface area contributed by atoms with Gasteiger partial charge in [0.05, 0.1) is 4.92 Å². The lowest BCUT2D eigenvalue weighted by atomic mass is 9.96. The van der Waals surface area contributed by atoms with Crippen molar-refractivity contribution in [2.45, 2.75) is 0 Å². The Balaban J connectivity index is 1.83. The number of nitro benzene ring substituents is 1. The van der Waals surface area contributed by atoms with Gasteiger partial charge in [0, 0.05) is 12.1 Å². The van der Waals surface area contributed by atoms with Crippen LogP contribution in [0, 0.1) is 10.1 Å². The largest absolute Gasteiger partial charge is 0.270 e. The summed E-state index contributed by atoms with van der Waals surface area (Å²) in [6.07, 6.45) is 3.91. The monoisotopic (exact) mass is 351 g/mol. The van der Waals surface area contributed by atoms with Gasteiger partial charge in [0.2, 0.25) is 0 Å². The molecular weight excluding hydrogens is 334 g/mol. The number of nitro groups is 1. The highest BCUT2D eigenvalue weighted by Crippen LogP contribution is 2.31. The molecule has 4 aromatic carbocycles. The Labute approximate surface area is 157 Å². The van der Waals surface area contributed by atoms with Gasteiger partial charge in [-0.2, -0.15) is 0 Å². The van der Waals surface area contributed by atoms with Gasteiger partial charge in [-0.05, 0) is 45.2 Å². The van der Waals surface area contributed by atoms with Crippen molar-refractivity contribution in [2.24, 2.45) is 0 Å². The third-order valence-electron chi connectivity index (χ3n) is 4.56. The van der Waals surface area contributed by atoms with Crippen LogP contribution in [0.1, 0.15) is 11.1 Å². The van der Waals surface area contributed by atoms with E-state index in [9.17, 15) is 10.1 Å². The molecular formula is C24H17NO2. The Bertz CT molecular complexity index is 1150. The van der Waals surface area contributed by atoms with E-state index in [1.165, 1.54) is 5.39 Å². The molecule has 0 bridgehead atoms. The van der Waals surface area contributed by atoms with Gasteiger partial charge >= 0.3 is 0 Å². The highest BCUT2D eigenvalue weighted by Gasteiger charge is 2.11. The van der Waals surface area contributed by atoms with Crippen LogP contribution in [0.4, 0.5) is 5.69 Å². The van der Waals surface area contributed by atoms with Crippen LogP contribution in [0.5, 0.6) is 0 Å². The zero-order chi connectivity index (χ0) is 18.6. The van der Waals surface area contributed by atoms with Crippen LogP contribution in [0.3, 0.4) is 0 Å². The van der Waals surface area contributed by atoms with E-state index in [-0.39, 0.29) is 10.6 Å². The molecule has 0 atom stereocenters. The molecule has 4 aromatic rings. The Hall–Kier alpha value is -3.72. The number of fused-ring (bicyclic) bond motifs is 1. The van der Waals surface area contributed by atoms with Gasteiger partial charge in [-0.1, -0.05) is 78.9 Å². The molecule has 3 heteroatoms. The van der Waals surface area contributed by atoms with Crippen molar-refractivity contribution in [2.75, 3.05) is 0 Å². The Kier molecular flexibility index (Phi) is 4.50. The molecule has 0 amide bonds. The smallest absolute Gasteiger partial charge is 0.258 e. The van der Waals surface area contributed by atoms with Gasteiger partial charge in [-0.25, -0.2) is 0 Å². The van der Waals surface area contributed by atoms with E-state index in [0.29, 0.717) is 0 Å². The van der Waals surface area contributed by atoms with Crippen molar-refractivity contribution in [1.82, 2.24) is 0 Å². The Morgan fingerprint density at radius 3 is 2.22 bits per heavy atom. The van der Waals surface area contributed by atoms with Gasteiger partial charge < -0.3 is 0 Å². The minimum Gasteiger partial charge on any atom is -0.258 e. The second-order valence-corrected chi connectivity index (χ2v) is 6.33. The average molecular weight is 351 g/mol. The van der Waals surface area contributed by atoms with Crippen LogP contribution in [0.25, 0.3) is 34.1 Å². The summed E-state index contributed by atoms with van der Waals surface area (Å²) in [5.74, 6) is 0. The molecule has 0 heterocycles. The van der Waals surface area contributed by atoms with E-state index in [1.807, 2.05) is 60.7 Å². The molecule has 0 aliphatic rings. The molecule has 0 radical (unpaired) electrons. The second kappa shape index (κ2) is 7.26. The first kappa shape index (κ1) is 16.7. The van der Waals surface area contributed by atoms with Gasteiger partial charge in [0.1, 0.15) is 0 Å². The van der Waals surface area contributed by atoms with Gasteiger partial charge in [-0.3, -0.25) is 10.1 Å². The fourth-order valence-corrected chi connectivity index (χ4v) is 3.17. The molecule has 0 saturated carbocycles. The summed E-state index contributed by atoms with van der Waals surface area (Å²) in [7, 11) is 0. The van der Waals surface area contributed by atoms with Crippen molar-refractivity contribution in [3.63, 3.8) is 0 Å². The molecule has 27 heavy (non-hydrogen) atoms. The SMILES string of the molecule is O=[N+]([O-])c1ccc(-c2ccc3ccccc3c2)c(/C=C/c2ccccc2)c1. The first-order valence-corrected chi connectivity index (χ1v) is 8.71. The van der Waals surface area contributed by atoms with E-state index in [2.05, 4.69) is 30.3 Å². The lowest BCUT2D eigenvalue weighted by Crippen LogP contribution is -1.91. The Morgan fingerprint density at radius 2 is 1.44 bits per heavy atom. The summed E-state index contributed by atoms with van der Waals surface area (Å²) >= 11 is 0. The minimum atomic E-state index is -0.357.